The van der Waals surface area contributed by atoms with E-state index in [1.165, 1.54) is 0 Å². The van der Waals surface area contributed by atoms with Crippen LogP contribution in [0.3, 0.4) is 0 Å². The van der Waals surface area contributed by atoms with Crippen molar-refractivity contribution in [2.45, 2.75) is 52.1 Å². The van der Waals surface area contributed by atoms with Crippen molar-refractivity contribution in [1.29, 1.82) is 0 Å². The Hall–Kier alpha value is -0.700. The van der Waals surface area contributed by atoms with Crippen LogP contribution in [0.25, 0.3) is 0 Å². The van der Waals surface area contributed by atoms with E-state index in [1.54, 1.807) is 0 Å². The highest BCUT2D eigenvalue weighted by atomic mass is 16.3. The van der Waals surface area contributed by atoms with E-state index < -0.39 is 6.10 Å². The SMILES string of the molecule is CC1(C)CC(=O)C[C@@H]2C(O)CC[C@@H]2C(=O)C1. The van der Waals surface area contributed by atoms with E-state index in [4.69, 9.17) is 0 Å². The van der Waals surface area contributed by atoms with E-state index in [0.717, 1.165) is 6.42 Å². The number of aliphatic hydroxyl groups excluding tert-OH is 1. The fourth-order valence-electron chi connectivity index (χ4n) is 3.26. The number of Topliss-reactive ketones (excluding diaryl/α,β-unsaturated/α-hetero) is 2. The van der Waals surface area contributed by atoms with Gasteiger partial charge in [0.1, 0.15) is 11.6 Å². The molecule has 3 nitrogen and oxygen atoms in total. The van der Waals surface area contributed by atoms with Crippen LogP contribution >= 0.6 is 0 Å². The first-order valence-corrected chi connectivity index (χ1v) is 6.11. The molecule has 2 rings (SSSR count). The van der Waals surface area contributed by atoms with Crippen molar-refractivity contribution < 1.29 is 14.7 Å². The van der Waals surface area contributed by atoms with Gasteiger partial charge in [-0.1, -0.05) is 13.8 Å². The van der Waals surface area contributed by atoms with Gasteiger partial charge in [0.05, 0.1) is 6.10 Å². The number of carbonyl (C=O) groups excluding carboxylic acids is 2. The van der Waals surface area contributed by atoms with E-state index in [0.29, 0.717) is 25.7 Å². The normalized spacial score (nSPS) is 39.1. The molecule has 0 aliphatic heterocycles. The molecule has 3 heteroatoms. The summed E-state index contributed by atoms with van der Waals surface area (Å²) in [6, 6.07) is 0. The van der Waals surface area contributed by atoms with Crippen LogP contribution in [0.4, 0.5) is 0 Å². The molecule has 0 radical (unpaired) electrons. The van der Waals surface area contributed by atoms with Crippen LogP contribution in [0.1, 0.15) is 46.0 Å². The maximum absolute atomic E-state index is 12.1. The topological polar surface area (TPSA) is 54.4 Å². The third kappa shape index (κ3) is 2.19. The van der Waals surface area contributed by atoms with E-state index in [-0.39, 0.29) is 28.8 Å². The number of carbonyl (C=O) groups is 2. The Morgan fingerprint density at radius 1 is 1.19 bits per heavy atom. The summed E-state index contributed by atoms with van der Waals surface area (Å²) in [5, 5.41) is 9.80. The summed E-state index contributed by atoms with van der Waals surface area (Å²) in [4.78, 5) is 23.9. The van der Waals surface area contributed by atoms with Crippen molar-refractivity contribution >= 4 is 11.6 Å². The lowest BCUT2D eigenvalue weighted by molar-refractivity contribution is -0.132. The molecule has 2 aliphatic rings. The molecule has 0 saturated heterocycles. The fourth-order valence-corrected chi connectivity index (χ4v) is 3.26. The fraction of sp³-hybridized carbons (Fsp3) is 0.846. The standard InChI is InChI=1S/C13H20O3/c1-13(2)6-8(14)5-10-9(12(16)7-13)3-4-11(10)15/h9-11,15H,3-7H2,1-2H3/t9-,10-,11?/m0/s1. The second-order valence-corrected chi connectivity index (χ2v) is 6.14. The molecule has 16 heavy (non-hydrogen) atoms. The quantitative estimate of drug-likeness (QED) is 0.681. The van der Waals surface area contributed by atoms with Crippen LogP contribution < -0.4 is 0 Å². The van der Waals surface area contributed by atoms with Gasteiger partial charge in [-0.3, -0.25) is 9.59 Å². The van der Waals surface area contributed by atoms with Crippen molar-refractivity contribution in [2.75, 3.05) is 0 Å². The minimum atomic E-state index is -0.445. The largest absolute Gasteiger partial charge is 0.393 e. The highest BCUT2D eigenvalue weighted by Gasteiger charge is 2.43. The van der Waals surface area contributed by atoms with Gasteiger partial charge in [0.15, 0.2) is 0 Å². The Balaban J connectivity index is 2.22. The monoisotopic (exact) mass is 224 g/mol. The van der Waals surface area contributed by atoms with Gasteiger partial charge in [0, 0.05) is 31.1 Å². The second-order valence-electron chi connectivity index (χ2n) is 6.14. The van der Waals surface area contributed by atoms with Crippen LogP contribution in [0, 0.1) is 17.3 Å². The number of hydrogen-bond acceptors (Lipinski definition) is 3. The van der Waals surface area contributed by atoms with Crippen LogP contribution in [-0.2, 0) is 9.59 Å². The molecule has 0 aromatic heterocycles. The molecule has 0 bridgehead atoms. The lowest BCUT2D eigenvalue weighted by atomic mass is 9.72. The molecule has 90 valence electrons. The summed E-state index contributed by atoms with van der Waals surface area (Å²) < 4.78 is 0. The van der Waals surface area contributed by atoms with Gasteiger partial charge in [0.2, 0.25) is 0 Å². The molecule has 2 fully saturated rings. The maximum Gasteiger partial charge on any atom is 0.136 e. The molecule has 2 aliphatic carbocycles. The van der Waals surface area contributed by atoms with Crippen LogP contribution in [-0.4, -0.2) is 22.8 Å². The number of fused-ring (bicyclic) bond motifs is 1. The summed E-state index contributed by atoms with van der Waals surface area (Å²) >= 11 is 0. The Bertz CT molecular complexity index is 319. The minimum absolute atomic E-state index is 0.0708. The highest BCUT2D eigenvalue weighted by molar-refractivity contribution is 5.87. The lowest BCUT2D eigenvalue weighted by Gasteiger charge is -2.31. The maximum atomic E-state index is 12.1. The smallest absolute Gasteiger partial charge is 0.136 e. The first-order chi connectivity index (χ1) is 7.39. The Morgan fingerprint density at radius 2 is 1.88 bits per heavy atom. The average Bonchev–Trinajstić information content (AvgIpc) is 2.44. The molecule has 0 aromatic carbocycles. The van der Waals surface area contributed by atoms with E-state index in [9.17, 15) is 14.7 Å². The lowest BCUT2D eigenvalue weighted by Crippen LogP contribution is -2.34. The van der Waals surface area contributed by atoms with Gasteiger partial charge in [-0.15, -0.1) is 0 Å². The first kappa shape index (κ1) is 11.8. The number of aliphatic hydroxyl groups is 1. The molecule has 0 heterocycles. The van der Waals surface area contributed by atoms with Gasteiger partial charge in [-0.2, -0.15) is 0 Å². The summed E-state index contributed by atoms with van der Waals surface area (Å²) in [6.07, 6.45) is 2.32. The molecular weight excluding hydrogens is 204 g/mol. The molecular formula is C13H20O3. The summed E-state index contributed by atoms with van der Waals surface area (Å²) in [5.74, 6) is 0.280. The zero-order chi connectivity index (χ0) is 11.9. The molecule has 1 N–H and O–H groups in total. The predicted octanol–water partition coefficient (Wildman–Crippen LogP) is 1.72. The van der Waals surface area contributed by atoms with Gasteiger partial charge >= 0.3 is 0 Å². The third-order valence-electron chi connectivity index (χ3n) is 3.99. The zero-order valence-electron chi connectivity index (χ0n) is 10.0. The summed E-state index contributed by atoms with van der Waals surface area (Å²) in [5.41, 5.74) is -0.202. The minimum Gasteiger partial charge on any atom is -0.393 e. The number of rotatable bonds is 0. The molecule has 0 aromatic rings. The molecule has 1 unspecified atom stereocenters. The zero-order valence-corrected chi connectivity index (χ0v) is 10.0. The van der Waals surface area contributed by atoms with Gasteiger partial charge < -0.3 is 5.11 Å². The van der Waals surface area contributed by atoms with Gasteiger partial charge in [0.25, 0.3) is 0 Å². The van der Waals surface area contributed by atoms with Crippen molar-refractivity contribution in [3.8, 4) is 0 Å². The van der Waals surface area contributed by atoms with Crippen molar-refractivity contribution in [1.82, 2.24) is 0 Å². The summed E-state index contributed by atoms with van der Waals surface area (Å²) in [7, 11) is 0. The van der Waals surface area contributed by atoms with Crippen LogP contribution in [0.2, 0.25) is 0 Å². The van der Waals surface area contributed by atoms with Gasteiger partial charge in [-0.05, 0) is 18.3 Å². The first-order valence-electron chi connectivity index (χ1n) is 6.11. The molecule has 2 saturated carbocycles. The van der Waals surface area contributed by atoms with Crippen molar-refractivity contribution in [3.63, 3.8) is 0 Å². The summed E-state index contributed by atoms with van der Waals surface area (Å²) in [6.45, 7) is 3.96. The Morgan fingerprint density at radius 3 is 2.56 bits per heavy atom. The van der Waals surface area contributed by atoms with E-state index >= 15 is 0 Å². The predicted molar refractivity (Wildman–Crippen MR) is 59.9 cm³/mol. The van der Waals surface area contributed by atoms with E-state index in [1.807, 2.05) is 13.8 Å². The van der Waals surface area contributed by atoms with Crippen LogP contribution in [0.15, 0.2) is 0 Å². The highest BCUT2D eigenvalue weighted by Crippen LogP contribution is 2.41. The molecule has 0 spiro atoms. The number of ketones is 2. The second kappa shape index (κ2) is 3.95. The van der Waals surface area contributed by atoms with Gasteiger partial charge in [-0.25, -0.2) is 0 Å². The number of hydrogen-bond donors (Lipinski definition) is 1. The molecule has 3 atom stereocenters. The Labute approximate surface area is 96.2 Å². The third-order valence-corrected chi connectivity index (χ3v) is 3.99. The van der Waals surface area contributed by atoms with E-state index in [2.05, 4.69) is 0 Å². The molecule has 0 amide bonds. The van der Waals surface area contributed by atoms with Crippen molar-refractivity contribution in [2.24, 2.45) is 17.3 Å². The Kier molecular flexibility index (Phi) is 2.91. The van der Waals surface area contributed by atoms with Crippen LogP contribution in [0.5, 0.6) is 0 Å². The average molecular weight is 224 g/mol. The van der Waals surface area contributed by atoms with Crippen molar-refractivity contribution in [3.05, 3.63) is 0 Å².